The predicted molar refractivity (Wildman–Crippen MR) is 126 cm³/mol. The molecule has 2 aliphatic heterocycles. The number of allylic oxidation sites excluding steroid dienone is 1. The summed E-state index contributed by atoms with van der Waals surface area (Å²) in [6.07, 6.45) is 9.27. The van der Waals surface area contributed by atoms with Crippen molar-refractivity contribution in [2.45, 2.75) is 12.5 Å². The number of aromatic nitrogens is 4. The minimum Gasteiger partial charge on any atom is -0.384 e. The Balaban J connectivity index is 1.53. The van der Waals surface area contributed by atoms with Crippen LogP contribution in [-0.4, -0.2) is 43.5 Å². The summed E-state index contributed by atoms with van der Waals surface area (Å²) in [6.45, 7) is 0.483. The van der Waals surface area contributed by atoms with Crippen LogP contribution >= 0.6 is 0 Å². The summed E-state index contributed by atoms with van der Waals surface area (Å²) in [5.74, 6) is 1.99. The fourth-order valence-corrected chi connectivity index (χ4v) is 3.92. The summed E-state index contributed by atoms with van der Waals surface area (Å²) < 4.78 is 0. The number of rotatable bonds is 6. The first-order chi connectivity index (χ1) is 16.1. The number of nitrogens with zero attached hydrogens (tertiary/aromatic N) is 6. The average molecular weight is 441 g/mol. The van der Waals surface area contributed by atoms with Gasteiger partial charge in [-0.25, -0.2) is 9.98 Å². The Hall–Kier alpha value is -4.44. The molecule has 5 rings (SSSR count). The Morgan fingerprint density at radius 3 is 2.52 bits per heavy atom. The van der Waals surface area contributed by atoms with Crippen LogP contribution in [0.3, 0.4) is 0 Å². The van der Waals surface area contributed by atoms with Gasteiger partial charge in [-0.05, 0) is 30.2 Å². The standard InChI is InChI=1S/C23H24N10/c24-17(12-15-4-2-1-3-5-15)13-33-20(25)18-8-11-32(23-28-14-29-31-23)21(26)19(18)30-22(33)16-6-9-27-10-7-16/h1-11,14,17H,12-13,24-26H2,(H,28,29,31)/t17-/m1/s1. The molecule has 0 saturated heterocycles. The second kappa shape index (κ2) is 8.60. The summed E-state index contributed by atoms with van der Waals surface area (Å²) in [7, 11) is 0. The minimum atomic E-state index is -0.168. The van der Waals surface area contributed by atoms with Crippen LogP contribution in [0.5, 0.6) is 0 Å². The van der Waals surface area contributed by atoms with Crippen molar-refractivity contribution in [1.82, 2.24) is 25.1 Å². The van der Waals surface area contributed by atoms with Gasteiger partial charge in [-0.3, -0.25) is 15.0 Å². The van der Waals surface area contributed by atoms with Gasteiger partial charge in [0.2, 0.25) is 0 Å². The molecule has 10 nitrogen and oxygen atoms in total. The van der Waals surface area contributed by atoms with Crippen LogP contribution in [0.25, 0.3) is 0 Å². The van der Waals surface area contributed by atoms with E-state index in [1.807, 2.05) is 41.3 Å². The summed E-state index contributed by atoms with van der Waals surface area (Å²) in [4.78, 5) is 16.8. The van der Waals surface area contributed by atoms with Crippen molar-refractivity contribution >= 4 is 11.8 Å². The molecule has 10 heteroatoms. The molecule has 0 fully saturated rings. The highest BCUT2D eigenvalue weighted by Gasteiger charge is 2.31. The molecule has 0 amide bonds. The van der Waals surface area contributed by atoms with Gasteiger partial charge in [-0.2, -0.15) is 0 Å². The molecule has 0 saturated carbocycles. The lowest BCUT2D eigenvalue weighted by molar-refractivity contribution is 0.440. The number of anilines is 1. The van der Waals surface area contributed by atoms with E-state index in [0.29, 0.717) is 42.1 Å². The molecule has 4 heterocycles. The smallest absolute Gasteiger partial charge is 0.254 e. The third-order valence-corrected chi connectivity index (χ3v) is 5.50. The van der Waals surface area contributed by atoms with Crippen molar-refractivity contribution in [2.24, 2.45) is 22.2 Å². The molecule has 7 N–H and O–H groups in total. The molecule has 0 aliphatic carbocycles. The number of fused-ring (bicyclic) bond motifs is 1. The SMILES string of the molecule is NC1=C2C=CN(c3nc[nH]n3)C(N)=C2N=C(c2ccncc2)N1C[C@H](N)Cc1ccccc1. The maximum absolute atomic E-state index is 6.69. The lowest BCUT2D eigenvalue weighted by atomic mass is 10.0. The number of aromatic amines is 1. The highest BCUT2D eigenvalue weighted by Crippen LogP contribution is 2.32. The topological polar surface area (TPSA) is 151 Å². The third kappa shape index (κ3) is 3.94. The molecule has 3 aromatic rings. The number of hydrogen-bond acceptors (Lipinski definition) is 9. The Morgan fingerprint density at radius 1 is 1.00 bits per heavy atom. The minimum absolute atomic E-state index is 0.168. The number of nitrogens with one attached hydrogen (secondary N) is 1. The number of H-pyrrole nitrogens is 1. The maximum atomic E-state index is 6.69. The fraction of sp³-hybridized carbons (Fsp3) is 0.130. The van der Waals surface area contributed by atoms with Gasteiger partial charge >= 0.3 is 0 Å². The molecule has 0 unspecified atom stereocenters. The summed E-state index contributed by atoms with van der Waals surface area (Å²) in [6, 6.07) is 13.7. The van der Waals surface area contributed by atoms with Gasteiger partial charge in [0.15, 0.2) is 0 Å². The van der Waals surface area contributed by atoms with Gasteiger partial charge in [0.05, 0.1) is 0 Å². The predicted octanol–water partition coefficient (Wildman–Crippen LogP) is 1.16. The highest BCUT2D eigenvalue weighted by atomic mass is 15.4. The van der Waals surface area contributed by atoms with E-state index in [-0.39, 0.29) is 6.04 Å². The van der Waals surface area contributed by atoms with Crippen LogP contribution in [0.4, 0.5) is 5.95 Å². The highest BCUT2D eigenvalue weighted by molar-refractivity contribution is 6.02. The molecular weight excluding hydrogens is 416 g/mol. The first-order valence-corrected chi connectivity index (χ1v) is 10.5. The molecule has 1 atom stereocenters. The summed E-state index contributed by atoms with van der Waals surface area (Å²) in [5, 5.41) is 6.81. The van der Waals surface area contributed by atoms with E-state index in [1.54, 1.807) is 23.5 Å². The lowest BCUT2D eigenvalue weighted by Crippen LogP contribution is -2.46. The largest absolute Gasteiger partial charge is 0.384 e. The molecule has 1 aromatic carbocycles. The van der Waals surface area contributed by atoms with E-state index in [9.17, 15) is 0 Å². The van der Waals surface area contributed by atoms with Gasteiger partial charge in [-0.15, -0.1) is 5.10 Å². The van der Waals surface area contributed by atoms with Crippen molar-refractivity contribution in [3.8, 4) is 0 Å². The van der Waals surface area contributed by atoms with Crippen LogP contribution in [-0.2, 0) is 6.42 Å². The van der Waals surface area contributed by atoms with Crippen LogP contribution in [0.2, 0.25) is 0 Å². The monoisotopic (exact) mass is 440 g/mol. The molecule has 0 radical (unpaired) electrons. The van der Waals surface area contributed by atoms with E-state index in [0.717, 1.165) is 11.1 Å². The van der Waals surface area contributed by atoms with Crippen LogP contribution < -0.4 is 22.1 Å². The molecule has 0 bridgehead atoms. The fourth-order valence-electron chi connectivity index (χ4n) is 3.92. The molecular formula is C23H24N10. The second-order valence-corrected chi connectivity index (χ2v) is 7.75. The number of benzene rings is 1. The van der Waals surface area contributed by atoms with Crippen LogP contribution in [0.15, 0.2) is 101 Å². The zero-order chi connectivity index (χ0) is 22.8. The number of amidine groups is 1. The van der Waals surface area contributed by atoms with Crippen LogP contribution in [0.1, 0.15) is 11.1 Å². The lowest BCUT2D eigenvalue weighted by Gasteiger charge is -2.36. The molecule has 166 valence electrons. The van der Waals surface area contributed by atoms with E-state index in [1.165, 1.54) is 11.9 Å². The Morgan fingerprint density at radius 2 is 1.79 bits per heavy atom. The van der Waals surface area contributed by atoms with Crippen molar-refractivity contribution in [3.63, 3.8) is 0 Å². The summed E-state index contributed by atoms with van der Waals surface area (Å²) in [5.41, 5.74) is 23.0. The third-order valence-electron chi connectivity index (χ3n) is 5.50. The Labute approximate surface area is 190 Å². The molecule has 33 heavy (non-hydrogen) atoms. The van der Waals surface area contributed by atoms with Gasteiger partial charge in [0.1, 0.15) is 29.5 Å². The van der Waals surface area contributed by atoms with Crippen molar-refractivity contribution in [2.75, 3.05) is 11.4 Å². The van der Waals surface area contributed by atoms with Crippen molar-refractivity contribution in [3.05, 3.63) is 108 Å². The van der Waals surface area contributed by atoms with Crippen molar-refractivity contribution in [1.29, 1.82) is 0 Å². The average Bonchev–Trinajstić information content (AvgIpc) is 3.37. The molecule has 0 spiro atoms. The number of aliphatic imine (C=N–C) groups is 1. The van der Waals surface area contributed by atoms with Gasteiger partial charge in [0.25, 0.3) is 5.95 Å². The zero-order valence-corrected chi connectivity index (χ0v) is 17.8. The Bertz CT molecular complexity index is 1240. The van der Waals surface area contributed by atoms with E-state index in [2.05, 4.69) is 32.3 Å². The first-order valence-electron chi connectivity index (χ1n) is 10.5. The first kappa shape index (κ1) is 20.5. The number of nitrogens with two attached hydrogens (primary N) is 3. The van der Waals surface area contributed by atoms with E-state index >= 15 is 0 Å². The normalized spacial score (nSPS) is 16.7. The Kier molecular flexibility index (Phi) is 5.33. The van der Waals surface area contributed by atoms with Gasteiger partial charge < -0.3 is 22.1 Å². The second-order valence-electron chi connectivity index (χ2n) is 7.75. The quantitative estimate of drug-likeness (QED) is 0.446. The van der Waals surface area contributed by atoms with E-state index < -0.39 is 0 Å². The zero-order valence-electron chi connectivity index (χ0n) is 17.8. The molecule has 2 aromatic heterocycles. The van der Waals surface area contributed by atoms with Crippen molar-refractivity contribution < 1.29 is 0 Å². The summed E-state index contributed by atoms with van der Waals surface area (Å²) >= 11 is 0. The maximum Gasteiger partial charge on any atom is 0.254 e. The van der Waals surface area contributed by atoms with Gasteiger partial charge in [-0.1, -0.05) is 30.3 Å². The van der Waals surface area contributed by atoms with Crippen LogP contribution in [0, 0.1) is 0 Å². The number of hydrogen-bond donors (Lipinski definition) is 4. The van der Waals surface area contributed by atoms with Gasteiger partial charge in [0, 0.05) is 42.3 Å². The number of pyridine rings is 1. The van der Waals surface area contributed by atoms with E-state index in [4.69, 9.17) is 22.2 Å². The molecule has 2 aliphatic rings.